The fourth-order valence-corrected chi connectivity index (χ4v) is 14.8. The maximum absolute atomic E-state index is 5.64. The van der Waals surface area contributed by atoms with Crippen molar-refractivity contribution in [3.63, 3.8) is 0 Å². The fraction of sp³-hybridized carbons (Fsp3) is 0. The molecule has 0 bridgehead atoms. The zero-order valence-electron chi connectivity index (χ0n) is 46.5. The van der Waals surface area contributed by atoms with Crippen LogP contribution in [0.25, 0.3) is 186 Å². The fourth-order valence-electron chi connectivity index (χ4n) is 14.8. The SMILES string of the molecule is c1ccc2c(c1)c1ccccc1c1cc(-c3cc(-c4ccc5c6ccccc6c6ccccc6c5c4)nc(-n4c5ccccc5c5cc(-c6ccc7c(c6)c6ccccc6n7-c6ccc7c8ccccc8c8ccccc8c7c6)ccc54)n3)ccc21. The Balaban J connectivity index is 0.798. The quantitative estimate of drug-likeness (QED) is 0.161. The summed E-state index contributed by atoms with van der Waals surface area (Å²) in [6.07, 6.45) is 0. The van der Waals surface area contributed by atoms with Crippen LogP contribution in [0.5, 0.6) is 0 Å². The molecule has 0 aliphatic heterocycles. The van der Waals surface area contributed by atoms with Crippen LogP contribution in [0.1, 0.15) is 0 Å². The van der Waals surface area contributed by atoms with Crippen LogP contribution < -0.4 is 0 Å². The molecule has 4 heteroatoms. The molecule has 0 radical (unpaired) electrons. The summed E-state index contributed by atoms with van der Waals surface area (Å²) in [6, 6.07) is 107. The highest BCUT2D eigenvalue weighted by Crippen LogP contribution is 2.44. The van der Waals surface area contributed by atoms with Crippen molar-refractivity contribution < 1.29 is 0 Å². The largest absolute Gasteiger partial charge is 0.309 e. The zero-order chi connectivity index (χ0) is 56.1. The number of para-hydroxylation sites is 2. The molecule has 0 atom stereocenters. The van der Waals surface area contributed by atoms with Crippen LogP contribution in [0, 0.1) is 0 Å². The van der Waals surface area contributed by atoms with Gasteiger partial charge in [0.25, 0.3) is 0 Å². The number of fused-ring (bicyclic) bond motifs is 24. The van der Waals surface area contributed by atoms with Gasteiger partial charge in [-0.05, 0) is 175 Å². The highest BCUT2D eigenvalue weighted by atomic mass is 15.2. The molecule has 4 nitrogen and oxygen atoms in total. The Bertz CT molecular complexity index is 5880. The molecule has 19 aromatic rings. The molecule has 0 spiro atoms. The van der Waals surface area contributed by atoms with Gasteiger partial charge in [0.05, 0.1) is 33.5 Å². The van der Waals surface area contributed by atoms with Gasteiger partial charge in [-0.15, -0.1) is 0 Å². The molecule has 396 valence electrons. The Morgan fingerprint density at radius 2 is 0.442 bits per heavy atom. The predicted molar refractivity (Wildman–Crippen MR) is 365 cm³/mol. The summed E-state index contributed by atoms with van der Waals surface area (Å²) in [4.78, 5) is 11.3. The third kappa shape index (κ3) is 6.81. The van der Waals surface area contributed by atoms with Crippen molar-refractivity contribution in [1.82, 2.24) is 19.1 Å². The van der Waals surface area contributed by atoms with Gasteiger partial charge in [0.2, 0.25) is 5.95 Å². The Morgan fingerprint density at radius 1 is 0.174 bits per heavy atom. The molecule has 0 fully saturated rings. The van der Waals surface area contributed by atoms with E-state index in [9.17, 15) is 0 Å². The maximum atomic E-state index is 5.64. The van der Waals surface area contributed by atoms with E-state index in [-0.39, 0.29) is 0 Å². The van der Waals surface area contributed by atoms with E-state index in [1.165, 1.54) is 119 Å². The van der Waals surface area contributed by atoms with Crippen molar-refractivity contribution in [3.05, 3.63) is 291 Å². The van der Waals surface area contributed by atoms with Crippen LogP contribution in [0.2, 0.25) is 0 Å². The maximum Gasteiger partial charge on any atom is 0.235 e. The highest BCUT2D eigenvalue weighted by Gasteiger charge is 2.22. The topological polar surface area (TPSA) is 35.6 Å². The number of hydrogen-bond donors (Lipinski definition) is 0. The van der Waals surface area contributed by atoms with Gasteiger partial charge in [0, 0.05) is 38.4 Å². The summed E-state index contributed by atoms with van der Waals surface area (Å²) in [5, 5.41) is 27.1. The van der Waals surface area contributed by atoms with Gasteiger partial charge in [-0.2, -0.15) is 0 Å². The van der Waals surface area contributed by atoms with Crippen LogP contribution in [0.4, 0.5) is 0 Å². The molecule has 0 saturated carbocycles. The van der Waals surface area contributed by atoms with E-state index in [1.807, 2.05) is 0 Å². The summed E-state index contributed by atoms with van der Waals surface area (Å²) in [6.45, 7) is 0. The second-order valence-corrected chi connectivity index (χ2v) is 23.1. The van der Waals surface area contributed by atoms with Gasteiger partial charge in [0.15, 0.2) is 0 Å². The average molecular weight is 1090 g/mol. The van der Waals surface area contributed by atoms with E-state index in [2.05, 4.69) is 300 Å². The van der Waals surface area contributed by atoms with Crippen molar-refractivity contribution >= 4 is 141 Å². The summed E-state index contributed by atoms with van der Waals surface area (Å²) in [7, 11) is 0. The third-order valence-corrected chi connectivity index (χ3v) is 18.7. The van der Waals surface area contributed by atoms with Gasteiger partial charge in [-0.3, -0.25) is 4.57 Å². The molecule has 0 N–H and O–H groups in total. The van der Waals surface area contributed by atoms with Crippen molar-refractivity contribution in [1.29, 1.82) is 0 Å². The molecular formula is C82H48N4. The smallest absolute Gasteiger partial charge is 0.235 e. The van der Waals surface area contributed by atoms with Gasteiger partial charge >= 0.3 is 0 Å². The molecule has 3 heterocycles. The van der Waals surface area contributed by atoms with Gasteiger partial charge in [-0.1, -0.05) is 224 Å². The molecule has 0 unspecified atom stereocenters. The van der Waals surface area contributed by atoms with Crippen LogP contribution in [-0.2, 0) is 0 Å². The third-order valence-electron chi connectivity index (χ3n) is 18.7. The lowest BCUT2D eigenvalue weighted by molar-refractivity contribution is 0.996. The normalized spacial score (nSPS) is 12.2. The van der Waals surface area contributed by atoms with E-state index < -0.39 is 0 Å². The molecule has 86 heavy (non-hydrogen) atoms. The number of benzene rings is 16. The monoisotopic (exact) mass is 1090 g/mol. The standard InChI is InChI=1S/C82H48N4/c1-4-23-60-54(17-1)57-20-7-10-26-63(57)71-45-51(33-38-66(60)71)76-48-77(52-34-39-67-61-24-5-2-18-55(61)58-21-8-11-27-64(58)72(67)46-52)84-82(83-76)86-79-32-16-14-30-70(79)75-44-50(36-42-81(75)86)49-35-41-80-74(43-49)69-29-13-15-31-78(69)85(80)53-37-40-68-62-25-6-3-19-56(62)59-22-9-12-28-65(59)73(68)47-53/h1-48H. The number of hydrogen-bond acceptors (Lipinski definition) is 2. The van der Waals surface area contributed by atoms with Crippen molar-refractivity contribution in [2.24, 2.45) is 0 Å². The van der Waals surface area contributed by atoms with Crippen LogP contribution in [0.15, 0.2) is 291 Å². The first-order chi connectivity index (χ1) is 42.6. The second kappa shape index (κ2) is 18.0. The first-order valence-electron chi connectivity index (χ1n) is 29.6. The Labute approximate surface area is 493 Å². The Kier molecular flexibility index (Phi) is 9.86. The number of aromatic nitrogens is 4. The van der Waals surface area contributed by atoms with Crippen LogP contribution in [0.3, 0.4) is 0 Å². The Morgan fingerprint density at radius 3 is 0.837 bits per heavy atom. The first kappa shape index (κ1) is 47.1. The van der Waals surface area contributed by atoms with Crippen LogP contribution in [-0.4, -0.2) is 19.1 Å². The molecule has 0 saturated heterocycles. The molecule has 16 aromatic carbocycles. The van der Waals surface area contributed by atoms with Crippen molar-refractivity contribution in [2.75, 3.05) is 0 Å². The van der Waals surface area contributed by atoms with E-state index in [1.54, 1.807) is 0 Å². The summed E-state index contributed by atoms with van der Waals surface area (Å²) >= 11 is 0. The molecule has 0 amide bonds. The summed E-state index contributed by atoms with van der Waals surface area (Å²) in [5.41, 5.74) is 11.7. The lowest BCUT2D eigenvalue weighted by Crippen LogP contribution is -2.04. The first-order valence-corrected chi connectivity index (χ1v) is 29.6. The molecule has 0 aliphatic rings. The summed E-state index contributed by atoms with van der Waals surface area (Å²) in [5.74, 6) is 0.618. The number of nitrogens with zero attached hydrogens (tertiary/aromatic N) is 4. The Hall–Kier alpha value is -11.5. The van der Waals surface area contributed by atoms with E-state index in [4.69, 9.17) is 9.97 Å². The molecule has 3 aromatic heterocycles. The van der Waals surface area contributed by atoms with Gasteiger partial charge in [0.1, 0.15) is 0 Å². The van der Waals surface area contributed by atoms with Crippen molar-refractivity contribution in [2.45, 2.75) is 0 Å². The molecule has 0 aliphatic carbocycles. The van der Waals surface area contributed by atoms with E-state index in [0.717, 1.165) is 61.1 Å². The lowest BCUT2D eigenvalue weighted by atomic mass is 9.92. The van der Waals surface area contributed by atoms with Crippen molar-refractivity contribution in [3.8, 4) is 45.3 Å². The minimum Gasteiger partial charge on any atom is -0.309 e. The van der Waals surface area contributed by atoms with Crippen LogP contribution >= 0.6 is 0 Å². The molecule has 19 rings (SSSR count). The average Bonchev–Trinajstić information content (AvgIpc) is 1.56. The second-order valence-electron chi connectivity index (χ2n) is 23.1. The number of rotatable bonds is 5. The predicted octanol–water partition coefficient (Wildman–Crippen LogP) is 22.1. The van der Waals surface area contributed by atoms with Gasteiger partial charge in [-0.25, -0.2) is 9.97 Å². The minimum atomic E-state index is 0.618. The molecular weight excluding hydrogens is 1040 g/mol. The van der Waals surface area contributed by atoms with E-state index >= 15 is 0 Å². The lowest BCUT2D eigenvalue weighted by Gasteiger charge is -2.15. The van der Waals surface area contributed by atoms with E-state index in [0.29, 0.717) is 5.95 Å². The summed E-state index contributed by atoms with van der Waals surface area (Å²) < 4.78 is 4.73. The minimum absolute atomic E-state index is 0.618. The zero-order valence-corrected chi connectivity index (χ0v) is 46.5. The van der Waals surface area contributed by atoms with Gasteiger partial charge < -0.3 is 4.57 Å². The highest BCUT2D eigenvalue weighted by molar-refractivity contribution is 6.28.